The van der Waals surface area contributed by atoms with Crippen LogP contribution in [0.5, 0.6) is 0 Å². The Morgan fingerprint density at radius 1 is 1.10 bits per heavy atom. The number of hydrogen-bond donors (Lipinski definition) is 1. The van der Waals surface area contributed by atoms with Crippen LogP contribution in [0.1, 0.15) is 54.7 Å². The lowest BCUT2D eigenvalue weighted by atomic mass is 9.84. The maximum Gasteiger partial charge on any atom is 0.418 e. The maximum absolute atomic E-state index is 13.6. The fourth-order valence-electron chi connectivity index (χ4n) is 3.56. The molecule has 0 aliphatic heterocycles. The molecule has 0 atom stereocenters. The number of pyridine rings is 1. The molecule has 0 spiro atoms. The molecule has 3 nitrogen and oxygen atoms in total. The summed E-state index contributed by atoms with van der Waals surface area (Å²) in [6.45, 7) is 7.42. The Kier molecular flexibility index (Phi) is 6.31. The van der Waals surface area contributed by atoms with E-state index in [1.807, 2.05) is 24.3 Å². The lowest BCUT2D eigenvalue weighted by molar-refractivity contribution is -0.136. The summed E-state index contributed by atoms with van der Waals surface area (Å²) in [5, 5.41) is -0.0267. The Hall–Kier alpha value is -2.25. The van der Waals surface area contributed by atoms with Crippen LogP contribution in [-0.4, -0.2) is 10.8 Å². The molecule has 164 valence electrons. The average molecular weight is 468 g/mol. The molecule has 0 bridgehead atoms. The first-order valence-corrected chi connectivity index (χ1v) is 10.9. The zero-order valence-electron chi connectivity index (χ0n) is 17.4. The van der Waals surface area contributed by atoms with Gasteiger partial charge in [0.15, 0.2) is 5.78 Å². The molecule has 3 rings (SSSR count). The highest BCUT2D eigenvalue weighted by Gasteiger charge is 2.35. The van der Waals surface area contributed by atoms with Crippen molar-refractivity contribution in [3.8, 4) is 0 Å². The molecule has 0 amide bonds. The molecule has 0 aliphatic carbocycles. The van der Waals surface area contributed by atoms with Crippen LogP contribution >= 0.6 is 23.4 Å². The van der Waals surface area contributed by atoms with Gasteiger partial charge in [-0.05, 0) is 35.6 Å². The molecule has 0 fully saturated rings. The van der Waals surface area contributed by atoms with E-state index in [0.717, 1.165) is 29.0 Å². The second-order valence-corrected chi connectivity index (χ2v) is 9.71. The molecule has 3 aromatic rings. The first kappa shape index (κ1) is 23.4. The summed E-state index contributed by atoms with van der Waals surface area (Å²) in [5.74, 6) is -0.150. The summed E-state index contributed by atoms with van der Waals surface area (Å²) in [6, 6.07) is 9.86. The third-order valence-electron chi connectivity index (χ3n) is 4.90. The number of alkyl halides is 3. The Bertz CT molecular complexity index is 1230. The predicted octanol–water partition coefficient (Wildman–Crippen LogP) is 6.99. The van der Waals surface area contributed by atoms with E-state index in [9.17, 15) is 22.8 Å². The lowest BCUT2D eigenvalue weighted by Gasteiger charge is -2.23. The molecule has 31 heavy (non-hydrogen) atoms. The number of fused-ring (bicyclic) bond motifs is 1. The summed E-state index contributed by atoms with van der Waals surface area (Å²) in [7, 11) is 0. The van der Waals surface area contributed by atoms with Gasteiger partial charge in [-0.15, -0.1) is 11.8 Å². The highest BCUT2D eigenvalue weighted by molar-refractivity contribution is 7.98. The van der Waals surface area contributed by atoms with Crippen molar-refractivity contribution in [2.45, 2.75) is 49.9 Å². The number of carbonyl (C=O) groups is 1. The molecular formula is C23H21ClF3NO2S. The number of thioether (sulfide) groups is 1. The quantitative estimate of drug-likeness (QED) is 0.332. The fourth-order valence-corrected chi connectivity index (χ4v) is 5.02. The molecule has 0 aliphatic rings. The van der Waals surface area contributed by atoms with Crippen molar-refractivity contribution in [1.82, 2.24) is 4.98 Å². The van der Waals surface area contributed by atoms with Crippen molar-refractivity contribution in [3.63, 3.8) is 0 Å². The van der Waals surface area contributed by atoms with Gasteiger partial charge < -0.3 is 4.98 Å². The molecule has 1 N–H and O–H groups in total. The number of hydrogen-bond acceptors (Lipinski definition) is 3. The maximum atomic E-state index is 13.6. The summed E-state index contributed by atoms with van der Waals surface area (Å²) >= 11 is 7.15. The number of aromatic nitrogens is 1. The summed E-state index contributed by atoms with van der Waals surface area (Å²) in [5.41, 5.74) is -0.530. The van der Waals surface area contributed by atoms with Gasteiger partial charge >= 0.3 is 6.18 Å². The molecule has 1 heterocycles. The van der Waals surface area contributed by atoms with E-state index in [1.54, 1.807) is 0 Å². The first-order valence-electron chi connectivity index (χ1n) is 9.49. The minimum absolute atomic E-state index is 0.0999. The number of aromatic amines is 1. The molecule has 2 aromatic carbocycles. The normalized spacial score (nSPS) is 12.4. The highest BCUT2D eigenvalue weighted by Crippen LogP contribution is 2.40. The largest absolute Gasteiger partial charge is 0.418 e. The van der Waals surface area contributed by atoms with Crippen molar-refractivity contribution in [2.24, 2.45) is 0 Å². The van der Waals surface area contributed by atoms with Crippen LogP contribution in [0.3, 0.4) is 0 Å². The van der Waals surface area contributed by atoms with Gasteiger partial charge in [0.1, 0.15) is 0 Å². The Morgan fingerprint density at radius 3 is 2.32 bits per heavy atom. The SMILES string of the molecule is CC(=O)c1c(SCc2ccccc2C(C)(C)C)c2cc(Cl)cc(C(F)(F)F)c2[nH]c1=O. The van der Waals surface area contributed by atoms with Crippen LogP contribution in [0.15, 0.2) is 46.1 Å². The van der Waals surface area contributed by atoms with E-state index in [2.05, 4.69) is 25.8 Å². The highest BCUT2D eigenvalue weighted by atomic mass is 35.5. The molecular weight excluding hydrogens is 447 g/mol. The number of rotatable bonds is 4. The zero-order valence-corrected chi connectivity index (χ0v) is 19.0. The summed E-state index contributed by atoms with van der Waals surface area (Å²) in [4.78, 5) is 27.3. The third kappa shape index (κ3) is 4.83. The van der Waals surface area contributed by atoms with Gasteiger partial charge in [-0.2, -0.15) is 13.2 Å². The number of H-pyrrole nitrogens is 1. The van der Waals surface area contributed by atoms with E-state index in [4.69, 9.17) is 11.6 Å². The first-order chi connectivity index (χ1) is 14.3. The number of ketones is 1. The minimum Gasteiger partial charge on any atom is -0.321 e. The smallest absolute Gasteiger partial charge is 0.321 e. The van der Waals surface area contributed by atoms with Crippen molar-refractivity contribution >= 4 is 40.0 Å². The number of Topliss-reactive ketones (excluding diaryl/α,β-unsaturated/α-hetero) is 1. The van der Waals surface area contributed by atoms with E-state index in [1.165, 1.54) is 13.0 Å². The van der Waals surface area contributed by atoms with Crippen molar-refractivity contribution < 1.29 is 18.0 Å². The van der Waals surface area contributed by atoms with Crippen LogP contribution in [0, 0.1) is 0 Å². The van der Waals surface area contributed by atoms with Crippen molar-refractivity contribution in [1.29, 1.82) is 0 Å². The second-order valence-electron chi connectivity index (χ2n) is 8.28. The van der Waals surface area contributed by atoms with Crippen LogP contribution in [0.2, 0.25) is 5.02 Å². The monoisotopic (exact) mass is 467 g/mol. The molecule has 0 radical (unpaired) electrons. The van der Waals surface area contributed by atoms with E-state index >= 15 is 0 Å². The predicted molar refractivity (Wildman–Crippen MR) is 119 cm³/mol. The number of carbonyl (C=O) groups excluding carboxylic acids is 1. The third-order valence-corrected chi connectivity index (χ3v) is 6.28. The van der Waals surface area contributed by atoms with Crippen LogP contribution in [0.4, 0.5) is 13.2 Å². The summed E-state index contributed by atoms with van der Waals surface area (Å²) in [6.07, 6.45) is -4.72. The minimum atomic E-state index is -4.72. The van der Waals surface area contributed by atoms with Gasteiger partial charge in [0, 0.05) is 21.1 Å². The molecule has 0 saturated heterocycles. The van der Waals surface area contributed by atoms with Gasteiger partial charge in [0.05, 0.1) is 16.6 Å². The molecule has 8 heteroatoms. The summed E-state index contributed by atoms with van der Waals surface area (Å²) < 4.78 is 40.8. The lowest BCUT2D eigenvalue weighted by Crippen LogP contribution is -2.20. The number of benzene rings is 2. The van der Waals surface area contributed by atoms with E-state index in [-0.39, 0.29) is 31.8 Å². The second kappa shape index (κ2) is 8.36. The van der Waals surface area contributed by atoms with Crippen LogP contribution < -0.4 is 5.56 Å². The standard InChI is InChI=1S/C23H21ClF3NO2S/c1-12(29)18-20(31-11-13-7-5-6-8-16(13)22(2,3)4)15-9-14(24)10-17(23(25,26)27)19(15)28-21(18)30/h5-10H,11H2,1-4H3,(H,28,30). The number of nitrogens with one attached hydrogen (secondary N) is 1. The number of halogens is 4. The van der Waals surface area contributed by atoms with Gasteiger partial charge in [0.25, 0.3) is 5.56 Å². The molecule has 1 aromatic heterocycles. The van der Waals surface area contributed by atoms with Gasteiger partial charge in [0.2, 0.25) is 0 Å². The van der Waals surface area contributed by atoms with Gasteiger partial charge in [-0.1, -0.05) is 56.6 Å². The van der Waals surface area contributed by atoms with Crippen molar-refractivity contribution in [3.05, 3.63) is 74.0 Å². The van der Waals surface area contributed by atoms with Gasteiger partial charge in [-0.3, -0.25) is 9.59 Å². The van der Waals surface area contributed by atoms with Crippen LogP contribution in [0.25, 0.3) is 10.9 Å². The Balaban J connectivity index is 2.25. The zero-order chi connectivity index (χ0) is 23.1. The average Bonchev–Trinajstić information content (AvgIpc) is 2.64. The Labute approximate surface area is 187 Å². The molecule has 0 saturated carbocycles. The van der Waals surface area contributed by atoms with Gasteiger partial charge in [-0.25, -0.2) is 0 Å². The topological polar surface area (TPSA) is 49.9 Å². The fraction of sp³-hybridized carbons (Fsp3) is 0.304. The molecule has 0 unspecified atom stereocenters. The van der Waals surface area contributed by atoms with E-state index < -0.39 is 23.1 Å². The van der Waals surface area contributed by atoms with Crippen molar-refractivity contribution in [2.75, 3.05) is 0 Å². The van der Waals surface area contributed by atoms with E-state index in [0.29, 0.717) is 5.75 Å². The van der Waals surface area contributed by atoms with Crippen LogP contribution in [-0.2, 0) is 17.3 Å². The Morgan fingerprint density at radius 2 is 1.74 bits per heavy atom.